The van der Waals surface area contributed by atoms with Crippen molar-refractivity contribution in [1.29, 1.82) is 0 Å². The van der Waals surface area contributed by atoms with Crippen LogP contribution in [0.4, 0.5) is 11.4 Å². The number of likely N-dealkylation sites (N-methyl/N-ethyl adjacent to an activating group) is 1. The molecule has 154 valence electrons. The van der Waals surface area contributed by atoms with Gasteiger partial charge in [-0.15, -0.1) is 11.8 Å². The largest absolute Gasteiger partial charge is 0.497 e. The van der Waals surface area contributed by atoms with E-state index in [0.29, 0.717) is 17.1 Å². The Morgan fingerprint density at radius 2 is 1.72 bits per heavy atom. The molecule has 0 aromatic heterocycles. The molecule has 0 unspecified atom stereocenters. The fourth-order valence-electron chi connectivity index (χ4n) is 2.48. The molecular formula is C20H24N4O4S. The Balaban J connectivity index is 1.86. The number of amides is 3. The first-order valence-electron chi connectivity index (χ1n) is 8.80. The maximum Gasteiger partial charge on any atom is 0.238 e. The molecule has 9 heteroatoms. The normalized spacial score (nSPS) is 10.4. The molecule has 3 amide bonds. The number of carbonyl (C=O) groups excluding carboxylic acids is 3. The molecule has 29 heavy (non-hydrogen) atoms. The van der Waals surface area contributed by atoms with Crippen LogP contribution in [0, 0.1) is 0 Å². The van der Waals surface area contributed by atoms with E-state index in [4.69, 9.17) is 10.5 Å². The van der Waals surface area contributed by atoms with E-state index in [1.807, 2.05) is 6.07 Å². The fraction of sp³-hybridized carbons (Fsp3) is 0.250. The number of thioether (sulfide) groups is 1. The highest BCUT2D eigenvalue weighted by Crippen LogP contribution is 2.26. The zero-order valence-electron chi connectivity index (χ0n) is 16.3. The summed E-state index contributed by atoms with van der Waals surface area (Å²) < 4.78 is 5.12. The van der Waals surface area contributed by atoms with E-state index in [9.17, 15) is 14.4 Å². The summed E-state index contributed by atoms with van der Waals surface area (Å²) in [6, 6.07) is 14.2. The van der Waals surface area contributed by atoms with E-state index in [-0.39, 0.29) is 30.7 Å². The minimum atomic E-state index is -0.432. The van der Waals surface area contributed by atoms with Gasteiger partial charge in [0.05, 0.1) is 31.6 Å². The van der Waals surface area contributed by atoms with Crippen LogP contribution in [0.1, 0.15) is 0 Å². The SMILES string of the molecule is COc1cccc(NC(=O)CN(C)CC(=O)Nc2ccccc2SCC(N)=O)c1. The van der Waals surface area contributed by atoms with Gasteiger partial charge in [-0.3, -0.25) is 19.3 Å². The molecule has 0 fully saturated rings. The molecule has 0 bridgehead atoms. The summed E-state index contributed by atoms with van der Waals surface area (Å²) in [5, 5.41) is 5.57. The minimum Gasteiger partial charge on any atom is -0.497 e. The molecular weight excluding hydrogens is 392 g/mol. The first-order chi connectivity index (χ1) is 13.9. The molecule has 2 aromatic rings. The van der Waals surface area contributed by atoms with Gasteiger partial charge in [0, 0.05) is 16.6 Å². The fourth-order valence-corrected chi connectivity index (χ4v) is 3.23. The van der Waals surface area contributed by atoms with E-state index in [2.05, 4.69) is 10.6 Å². The van der Waals surface area contributed by atoms with Gasteiger partial charge in [-0.05, 0) is 31.3 Å². The van der Waals surface area contributed by atoms with E-state index in [0.717, 1.165) is 4.90 Å². The highest BCUT2D eigenvalue weighted by Gasteiger charge is 2.13. The number of rotatable bonds is 10. The van der Waals surface area contributed by atoms with E-state index >= 15 is 0 Å². The lowest BCUT2D eigenvalue weighted by atomic mass is 10.3. The average molecular weight is 417 g/mol. The molecule has 0 spiro atoms. The van der Waals surface area contributed by atoms with Crippen LogP contribution in [-0.2, 0) is 14.4 Å². The number of methoxy groups -OCH3 is 1. The zero-order chi connectivity index (χ0) is 21.2. The Hall–Kier alpha value is -3.04. The lowest BCUT2D eigenvalue weighted by Crippen LogP contribution is -2.36. The number of hydrogen-bond acceptors (Lipinski definition) is 6. The van der Waals surface area contributed by atoms with Crippen LogP contribution in [-0.4, -0.2) is 55.6 Å². The van der Waals surface area contributed by atoms with Gasteiger partial charge >= 0.3 is 0 Å². The van der Waals surface area contributed by atoms with Crippen molar-refractivity contribution in [2.45, 2.75) is 4.90 Å². The average Bonchev–Trinajstić information content (AvgIpc) is 2.67. The standard InChI is InChI=1S/C20H24N4O4S/c1-24(11-19(26)22-14-6-5-7-15(10-14)28-2)12-20(27)23-16-8-3-4-9-17(16)29-13-18(21)25/h3-10H,11-13H2,1-2H3,(H2,21,25)(H,22,26)(H,23,27). The van der Waals surface area contributed by atoms with Gasteiger partial charge < -0.3 is 21.1 Å². The van der Waals surface area contributed by atoms with Gasteiger partial charge in [-0.2, -0.15) is 0 Å². The van der Waals surface area contributed by atoms with E-state index in [1.165, 1.54) is 11.8 Å². The number of nitrogens with zero attached hydrogens (tertiary/aromatic N) is 1. The number of nitrogens with two attached hydrogens (primary N) is 1. The van der Waals surface area contributed by atoms with Gasteiger partial charge in [-0.25, -0.2) is 0 Å². The first kappa shape index (κ1) is 22.3. The van der Waals surface area contributed by atoms with Gasteiger partial charge in [0.15, 0.2) is 0 Å². The monoisotopic (exact) mass is 416 g/mol. The van der Waals surface area contributed by atoms with Crippen LogP contribution in [0.5, 0.6) is 5.75 Å². The second-order valence-corrected chi connectivity index (χ2v) is 7.27. The summed E-state index contributed by atoms with van der Waals surface area (Å²) in [4.78, 5) is 37.9. The zero-order valence-corrected chi connectivity index (χ0v) is 17.1. The number of ether oxygens (including phenoxy) is 1. The van der Waals surface area contributed by atoms with Gasteiger partial charge in [0.25, 0.3) is 0 Å². The van der Waals surface area contributed by atoms with Crippen molar-refractivity contribution in [3.05, 3.63) is 48.5 Å². The molecule has 0 aliphatic rings. The number of benzene rings is 2. The van der Waals surface area contributed by atoms with Gasteiger partial charge in [-0.1, -0.05) is 18.2 Å². The second-order valence-electron chi connectivity index (χ2n) is 6.25. The van der Waals surface area contributed by atoms with Gasteiger partial charge in [0.1, 0.15) is 5.75 Å². The predicted octanol–water partition coefficient (Wildman–Crippen LogP) is 1.78. The van der Waals surface area contributed by atoms with Crippen LogP contribution in [0.15, 0.2) is 53.4 Å². The third-order valence-corrected chi connectivity index (χ3v) is 4.81. The minimum absolute atomic E-state index is 0.0281. The maximum atomic E-state index is 12.3. The Kier molecular flexibility index (Phi) is 8.50. The van der Waals surface area contributed by atoms with Crippen LogP contribution in [0.2, 0.25) is 0 Å². The molecule has 2 rings (SSSR count). The lowest BCUT2D eigenvalue weighted by molar-refractivity contribution is -0.119. The molecule has 0 radical (unpaired) electrons. The third kappa shape index (κ3) is 7.84. The molecule has 4 N–H and O–H groups in total. The third-order valence-electron chi connectivity index (χ3n) is 3.71. The molecule has 0 aliphatic carbocycles. The van der Waals surface area contributed by atoms with E-state index < -0.39 is 5.91 Å². The molecule has 0 atom stereocenters. The molecule has 8 nitrogen and oxygen atoms in total. The smallest absolute Gasteiger partial charge is 0.238 e. The number of nitrogens with one attached hydrogen (secondary N) is 2. The molecule has 2 aromatic carbocycles. The van der Waals surface area contributed by atoms with Crippen molar-refractivity contribution in [2.24, 2.45) is 5.73 Å². The highest BCUT2D eigenvalue weighted by atomic mass is 32.2. The summed E-state index contributed by atoms with van der Waals surface area (Å²) >= 11 is 1.25. The predicted molar refractivity (Wildman–Crippen MR) is 114 cm³/mol. The van der Waals surface area contributed by atoms with Gasteiger partial charge in [0.2, 0.25) is 17.7 Å². The number of carbonyl (C=O) groups is 3. The summed E-state index contributed by atoms with van der Waals surface area (Å²) in [5.41, 5.74) is 6.39. The van der Waals surface area contributed by atoms with E-state index in [1.54, 1.807) is 61.5 Å². The van der Waals surface area contributed by atoms with Crippen molar-refractivity contribution in [1.82, 2.24) is 4.90 Å². The number of para-hydroxylation sites is 1. The summed E-state index contributed by atoms with van der Waals surface area (Å²) in [6.45, 7) is 0.0725. The van der Waals surface area contributed by atoms with Crippen molar-refractivity contribution in [2.75, 3.05) is 43.6 Å². The molecule has 0 heterocycles. The summed E-state index contributed by atoms with van der Waals surface area (Å²) in [5.74, 6) is -0.182. The van der Waals surface area contributed by atoms with Crippen LogP contribution in [0.3, 0.4) is 0 Å². The topological polar surface area (TPSA) is 114 Å². The van der Waals surface area contributed by atoms with Crippen molar-refractivity contribution in [3.63, 3.8) is 0 Å². The maximum absolute atomic E-state index is 12.3. The number of anilines is 2. The Morgan fingerprint density at radius 3 is 2.41 bits per heavy atom. The van der Waals surface area contributed by atoms with Crippen LogP contribution in [0.25, 0.3) is 0 Å². The highest BCUT2D eigenvalue weighted by molar-refractivity contribution is 8.00. The Morgan fingerprint density at radius 1 is 1.03 bits per heavy atom. The van der Waals surface area contributed by atoms with Crippen molar-refractivity contribution < 1.29 is 19.1 Å². The molecule has 0 aliphatic heterocycles. The Labute approximate surface area is 173 Å². The second kappa shape index (κ2) is 11.1. The van der Waals surface area contributed by atoms with Crippen molar-refractivity contribution in [3.8, 4) is 5.75 Å². The summed E-state index contributed by atoms with van der Waals surface area (Å²) in [6.07, 6.45) is 0. The number of primary amides is 1. The first-order valence-corrected chi connectivity index (χ1v) is 9.78. The quantitative estimate of drug-likeness (QED) is 0.509. The molecule has 0 saturated carbocycles. The van der Waals surface area contributed by atoms with Crippen LogP contribution < -0.4 is 21.1 Å². The number of hydrogen-bond donors (Lipinski definition) is 3. The van der Waals surface area contributed by atoms with Crippen LogP contribution >= 0.6 is 11.8 Å². The Bertz CT molecular complexity index is 875. The molecule has 0 saturated heterocycles. The van der Waals surface area contributed by atoms with Crippen molar-refractivity contribution >= 4 is 40.9 Å². The summed E-state index contributed by atoms with van der Waals surface area (Å²) in [7, 11) is 3.23. The lowest BCUT2D eigenvalue weighted by Gasteiger charge is -2.17.